The van der Waals surface area contributed by atoms with E-state index in [-0.39, 0.29) is 18.4 Å². The van der Waals surface area contributed by atoms with Gasteiger partial charge in [-0.3, -0.25) is 0 Å². The van der Waals surface area contributed by atoms with Gasteiger partial charge in [0.05, 0.1) is 6.54 Å². The number of carbonyl (C=O) groups excluding carboxylic acids is 1. The van der Waals surface area contributed by atoms with E-state index in [0.29, 0.717) is 24.5 Å². The maximum Gasteiger partial charge on any atom is 0.314 e. The van der Waals surface area contributed by atoms with E-state index in [9.17, 15) is 14.3 Å². The Kier molecular flexibility index (Phi) is 5.39. The predicted octanol–water partition coefficient (Wildman–Crippen LogP) is 2.48. The standard InChI is InChI=1S/C17H21FN2O3/c1-12-3-8-15(23-12)17(2,22)11-20-16(21)19-10-9-13-4-6-14(18)7-5-13/h3-8,22H,9-11H2,1-2H3,(H2,19,20,21). The van der Waals surface area contributed by atoms with Gasteiger partial charge >= 0.3 is 6.03 Å². The smallest absolute Gasteiger partial charge is 0.314 e. The Balaban J connectivity index is 1.73. The number of nitrogens with one attached hydrogen (secondary N) is 2. The second-order valence-corrected chi connectivity index (χ2v) is 5.67. The van der Waals surface area contributed by atoms with Gasteiger partial charge in [-0.15, -0.1) is 0 Å². The lowest BCUT2D eigenvalue weighted by molar-refractivity contribution is 0.0360. The summed E-state index contributed by atoms with van der Waals surface area (Å²) in [5.74, 6) is 0.820. The van der Waals surface area contributed by atoms with Crippen LogP contribution in [0.25, 0.3) is 0 Å². The van der Waals surface area contributed by atoms with Crippen molar-refractivity contribution in [3.05, 3.63) is 59.3 Å². The zero-order valence-corrected chi connectivity index (χ0v) is 13.2. The van der Waals surface area contributed by atoms with Crippen molar-refractivity contribution in [1.29, 1.82) is 0 Å². The number of benzene rings is 1. The van der Waals surface area contributed by atoms with E-state index in [1.165, 1.54) is 12.1 Å². The molecule has 1 unspecified atom stereocenters. The molecule has 0 aliphatic rings. The summed E-state index contributed by atoms with van der Waals surface area (Å²) >= 11 is 0. The van der Waals surface area contributed by atoms with Crippen LogP contribution in [0.4, 0.5) is 9.18 Å². The Morgan fingerprint density at radius 1 is 1.22 bits per heavy atom. The van der Waals surface area contributed by atoms with Crippen molar-refractivity contribution < 1.29 is 18.7 Å². The maximum absolute atomic E-state index is 12.8. The Hall–Kier alpha value is -2.34. The summed E-state index contributed by atoms with van der Waals surface area (Å²) < 4.78 is 18.2. The zero-order chi connectivity index (χ0) is 16.9. The normalized spacial score (nSPS) is 13.4. The molecule has 1 aromatic carbocycles. The highest BCUT2D eigenvalue weighted by atomic mass is 19.1. The first-order valence-corrected chi connectivity index (χ1v) is 7.42. The molecular weight excluding hydrogens is 299 g/mol. The van der Waals surface area contributed by atoms with Gasteiger partial charge in [-0.05, 0) is 50.1 Å². The second-order valence-electron chi connectivity index (χ2n) is 5.67. The molecule has 124 valence electrons. The Bertz CT molecular complexity index is 650. The summed E-state index contributed by atoms with van der Waals surface area (Å²) in [6, 6.07) is 9.19. The van der Waals surface area contributed by atoms with Crippen molar-refractivity contribution in [2.75, 3.05) is 13.1 Å². The van der Waals surface area contributed by atoms with E-state index < -0.39 is 5.60 Å². The third-order valence-electron chi connectivity index (χ3n) is 3.48. The fourth-order valence-electron chi connectivity index (χ4n) is 2.10. The number of aliphatic hydroxyl groups is 1. The van der Waals surface area contributed by atoms with E-state index in [4.69, 9.17) is 4.42 Å². The topological polar surface area (TPSA) is 74.5 Å². The first-order valence-electron chi connectivity index (χ1n) is 7.42. The molecular formula is C17H21FN2O3. The number of rotatable bonds is 6. The highest BCUT2D eigenvalue weighted by Crippen LogP contribution is 2.21. The van der Waals surface area contributed by atoms with Gasteiger partial charge in [0, 0.05) is 6.54 Å². The first kappa shape index (κ1) is 17.0. The fraction of sp³-hybridized carbons (Fsp3) is 0.353. The minimum atomic E-state index is -1.28. The lowest BCUT2D eigenvalue weighted by atomic mass is 10.0. The summed E-state index contributed by atoms with van der Waals surface area (Å²) in [7, 11) is 0. The average molecular weight is 320 g/mol. The Morgan fingerprint density at radius 2 is 1.91 bits per heavy atom. The number of amides is 2. The predicted molar refractivity (Wildman–Crippen MR) is 84.5 cm³/mol. The summed E-state index contributed by atoms with van der Waals surface area (Å²) in [6.07, 6.45) is 0.599. The van der Waals surface area contributed by atoms with Crippen LogP contribution >= 0.6 is 0 Å². The lowest BCUT2D eigenvalue weighted by Gasteiger charge is -2.21. The summed E-state index contributed by atoms with van der Waals surface area (Å²) in [5, 5.41) is 15.6. The van der Waals surface area contributed by atoms with Crippen molar-refractivity contribution in [1.82, 2.24) is 10.6 Å². The number of furan rings is 1. The molecule has 0 bridgehead atoms. The maximum atomic E-state index is 12.8. The number of hydrogen-bond donors (Lipinski definition) is 3. The van der Waals surface area contributed by atoms with Crippen molar-refractivity contribution >= 4 is 6.03 Å². The number of halogens is 1. The van der Waals surface area contributed by atoms with Crippen LogP contribution < -0.4 is 10.6 Å². The van der Waals surface area contributed by atoms with Crippen molar-refractivity contribution in [3.63, 3.8) is 0 Å². The monoisotopic (exact) mass is 320 g/mol. The SMILES string of the molecule is Cc1ccc(C(C)(O)CNC(=O)NCCc2ccc(F)cc2)o1. The quantitative estimate of drug-likeness (QED) is 0.765. The minimum absolute atomic E-state index is 0.0301. The Labute approximate surface area is 134 Å². The van der Waals surface area contributed by atoms with Crippen molar-refractivity contribution in [3.8, 4) is 0 Å². The molecule has 2 amide bonds. The molecule has 0 radical (unpaired) electrons. The minimum Gasteiger partial charge on any atom is -0.463 e. The van der Waals surface area contributed by atoms with Gasteiger partial charge in [0.2, 0.25) is 0 Å². The molecule has 0 aliphatic carbocycles. The zero-order valence-electron chi connectivity index (χ0n) is 13.2. The number of carbonyl (C=O) groups is 1. The summed E-state index contributed by atoms with van der Waals surface area (Å²) in [4.78, 5) is 11.7. The van der Waals surface area contributed by atoms with Crippen molar-refractivity contribution in [2.24, 2.45) is 0 Å². The fourth-order valence-corrected chi connectivity index (χ4v) is 2.10. The second kappa shape index (κ2) is 7.28. The third kappa shape index (κ3) is 5.10. The third-order valence-corrected chi connectivity index (χ3v) is 3.48. The molecule has 6 heteroatoms. The molecule has 0 aliphatic heterocycles. The van der Waals surface area contributed by atoms with E-state index in [2.05, 4.69) is 10.6 Å². The average Bonchev–Trinajstić information content (AvgIpc) is 2.95. The number of urea groups is 1. The van der Waals surface area contributed by atoms with Crippen LogP contribution in [0.3, 0.4) is 0 Å². The molecule has 5 nitrogen and oxygen atoms in total. The van der Waals surface area contributed by atoms with Gasteiger partial charge in [-0.2, -0.15) is 0 Å². The lowest BCUT2D eigenvalue weighted by Crippen LogP contribution is -2.43. The molecule has 1 atom stereocenters. The van der Waals surface area contributed by atoms with Gasteiger partial charge < -0.3 is 20.2 Å². The molecule has 0 saturated carbocycles. The van der Waals surface area contributed by atoms with E-state index in [0.717, 1.165) is 5.56 Å². The van der Waals surface area contributed by atoms with Crippen molar-refractivity contribution in [2.45, 2.75) is 25.9 Å². The van der Waals surface area contributed by atoms with Crippen LogP contribution in [0.2, 0.25) is 0 Å². The molecule has 0 spiro atoms. The van der Waals surface area contributed by atoms with Gasteiger partial charge in [-0.1, -0.05) is 12.1 Å². The Morgan fingerprint density at radius 3 is 2.52 bits per heavy atom. The molecule has 0 saturated heterocycles. The molecule has 2 rings (SSSR count). The van der Waals surface area contributed by atoms with E-state index >= 15 is 0 Å². The molecule has 3 N–H and O–H groups in total. The van der Waals surface area contributed by atoms with E-state index in [1.807, 2.05) is 0 Å². The largest absolute Gasteiger partial charge is 0.463 e. The molecule has 1 heterocycles. The highest BCUT2D eigenvalue weighted by Gasteiger charge is 2.27. The van der Waals surface area contributed by atoms with Crippen LogP contribution in [0, 0.1) is 12.7 Å². The van der Waals surface area contributed by atoms with Gasteiger partial charge in [0.15, 0.2) is 0 Å². The summed E-state index contributed by atoms with van der Waals surface area (Å²) in [5.41, 5.74) is -0.340. The number of hydrogen-bond acceptors (Lipinski definition) is 3. The molecule has 0 fully saturated rings. The van der Waals surface area contributed by atoms with Gasteiger partial charge in [0.25, 0.3) is 0 Å². The number of aryl methyl sites for hydroxylation is 1. The summed E-state index contributed by atoms with van der Waals surface area (Å²) in [6.45, 7) is 3.81. The molecule has 2 aromatic rings. The van der Waals surface area contributed by atoms with Gasteiger partial charge in [0.1, 0.15) is 22.9 Å². The van der Waals surface area contributed by atoms with Crippen LogP contribution in [-0.4, -0.2) is 24.2 Å². The van der Waals surface area contributed by atoms with Crippen LogP contribution in [0.15, 0.2) is 40.8 Å². The molecule has 1 aromatic heterocycles. The first-order chi connectivity index (χ1) is 10.9. The highest BCUT2D eigenvalue weighted by molar-refractivity contribution is 5.73. The van der Waals surface area contributed by atoms with Gasteiger partial charge in [-0.25, -0.2) is 9.18 Å². The van der Waals surface area contributed by atoms with E-state index in [1.54, 1.807) is 38.1 Å². The van der Waals surface area contributed by atoms with Crippen LogP contribution in [0.1, 0.15) is 24.0 Å². The van der Waals surface area contributed by atoms with Crippen LogP contribution in [-0.2, 0) is 12.0 Å². The molecule has 23 heavy (non-hydrogen) atoms. The van der Waals surface area contributed by atoms with Crippen LogP contribution in [0.5, 0.6) is 0 Å².